The summed E-state index contributed by atoms with van der Waals surface area (Å²) in [6.07, 6.45) is 4.46. The SMILES string of the molecule is CCn1ccc(-c2nc(-c3ccc(-c4csc(C5CC5)n4)cc3)no2)n1. The number of hydrogen-bond acceptors (Lipinski definition) is 6. The summed E-state index contributed by atoms with van der Waals surface area (Å²) in [5.41, 5.74) is 3.76. The second kappa shape index (κ2) is 6.17. The Morgan fingerprint density at radius 3 is 2.62 bits per heavy atom. The number of benzene rings is 1. The van der Waals surface area contributed by atoms with Gasteiger partial charge >= 0.3 is 0 Å². The second-order valence-corrected chi connectivity index (χ2v) is 7.29. The molecule has 1 fully saturated rings. The van der Waals surface area contributed by atoms with Gasteiger partial charge in [0.05, 0.1) is 10.7 Å². The molecule has 0 atom stereocenters. The predicted molar refractivity (Wildman–Crippen MR) is 99.7 cm³/mol. The average molecular weight is 363 g/mol. The molecule has 26 heavy (non-hydrogen) atoms. The highest BCUT2D eigenvalue weighted by atomic mass is 32.1. The molecule has 0 spiro atoms. The minimum Gasteiger partial charge on any atom is -0.332 e. The molecule has 3 heterocycles. The maximum Gasteiger partial charge on any atom is 0.278 e. The summed E-state index contributed by atoms with van der Waals surface area (Å²) in [4.78, 5) is 9.23. The molecule has 0 bridgehead atoms. The molecule has 0 saturated heterocycles. The number of aryl methyl sites for hydroxylation is 1. The first-order valence-corrected chi connectivity index (χ1v) is 9.62. The van der Waals surface area contributed by atoms with E-state index < -0.39 is 0 Å². The molecular formula is C19H17N5OS. The fourth-order valence-electron chi connectivity index (χ4n) is 2.82. The van der Waals surface area contributed by atoms with Crippen LogP contribution >= 0.6 is 11.3 Å². The van der Waals surface area contributed by atoms with Gasteiger partial charge in [-0.3, -0.25) is 4.68 Å². The van der Waals surface area contributed by atoms with Gasteiger partial charge in [0, 0.05) is 35.2 Å². The highest BCUT2D eigenvalue weighted by molar-refractivity contribution is 7.10. The molecule has 0 N–H and O–H groups in total. The minimum absolute atomic E-state index is 0.435. The van der Waals surface area contributed by atoms with Gasteiger partial charge in [-0.1, -0.05) is 29.4 Å². The molecular weight excluding hydrogens is 346 g/mol. The number of thiazole rings is 1. The Morgan fingerprint density at radius 1 is 1.08 bits per heavy atom. The minimum atomic E-state index is 0.435. The van der Waals surface area contributed by atoms with Crippen LogP contribution in [0.4, 0.5) is 0 Å². The molecule has 130 valence electrons. The molecule has 6 nitrogen and oxygen atoms in total. The second-order valence-electron chi connectivity index (χ2n) is 6.40. The van der Waals surface area contributed by atoms with E-state index in [1.165, 1.54) is 17.8 Å². The van der Waals surface area contributed by atoms with Crippen LogP contribution in [0.2, 0.25) is 0 Å². The predicted octanol–water partition coefficient (Wildman–Crippen LogP) is 4.62. The first-order valence-electron chi connectivity index (χ1n) is 8.74. The van der Waals surface area contributed by atoms with Crippen LogP contribution < -0.4 is 0 Å². The van der Waals surface area contributed by atoms with Crippen molar-refractivity contribution in [1.29, 1.82) is 0 Å². The lowest BCUT2D eigenvalue weighted by Crippen LogP contribution is -1.93. The average Bonchev–Trinajstić information content (AvgIpc) is 3.11. The molecule has 3 aromatic heterocycles. The fraction of sp³-hybridized carbons (Fsp3) is 0.263. The van der Waals surface area contributed by atoms with E-state index in [4.69, 9.17) is 9.51 Å². The number of nitrogens with zero attached hydrogens (tertiary/aromatic N) is 5. The van der Waals surface area contributed by atoms with Crippen molar-refractivity contribution in [3.8, 4) is 34.2 Å². The molecule has 4 aromatic rings. The van der Waals surface area contributed by atoms with E-state index in [2.05, 4.69) is 32.8 Å². The largest absolute Gasteiger partial charge is 0.332 e. The topological polar surface area (TPSA) is 69.6 Å². The van der Waals surface area contributed by atoms with Crippen LogP contribution in [-0.4, -0.2) is 24.9 Å². The van der Waals surface area contributed by atoms with E-state index in [0.29, 0.717) is 23.3 Å². The van der Waals surface area contributed by atoms with Crippen LogP contribution in [0.5, 0.6) is 0 Å². The van der Waals surface area contributed by atoms with Gasteiger partial charge in [-0.2, -0.15) is 10.1 Å². The van der Waals surface area contributed by atoms with Crippen molar-refractivity contribution in [1.82, 2.24) is 24.9 Å². The Bertz CT molecular complexity index is 1040. The number of rotatable bonds is 5. The Hall–Kier alpha value is -2.80. The van der Waals surface area contributed by atoms with Gasteiger partial charge in [0.15, 0.2) is 5.69 Å². The lowest BCUT2D eigenvalue weighted by atomic mass is 10.1. The molecule has 7 heteroatoms. The molecule has 0 radical (unpaired) electrons. The molecule has 0 unspecified atom stereocenters. The fourth-order valence-corrected chi connectivity index (χ4v) is 3.83. The van der Waals surface area contributed by atoms with E-state index in [0.717, 1.165) is 23.4 Å². The lowest BCUT2D eigenvalue weighted by Gasteiger charge is -1.98. The van der Waals surface area contributed by atoms with Crippen molar-refractivity contribution in [2.24, 2.45) is 0 Å². The Morgan fingerprint density at radius 2 is 1.88 bits per heavy atom. The van der Waals surface area contributed by atoms with E-state index in [9.17, 15) is 0 Å². The Balaban J connectivity index is 1.38. The molecule has 0 amide bonds. The molecule has 1 aliphatic rings. The molecule has 5 rings (SSSR count). The summed E-state index contributed by atoms with van der Waals surface area (Å²) in [5, 5.41) is 11.9. The van der Waals surface area contributed by atoms with Gasteiger partial charge in [-0.15, -0.1) is 11.3 Å². The van der Waals surface area contributed by atoms with Crippen LogP contribution in [0.15, 0.2) is 46.4 Å². The van der Waals surface area contributed by atoms with Gasteiger partial charge < -0.3 is 4.52 Å². The Kier molecular flexibility index (Phi) is 3.67. The molecule has 0 aliphatic heterocycles. The van der Waals surface area contributed by atoms with Crippen LogP contribution in [0.1, 0.15) is 30.7 Å². The van der Waals surface area contributed by atoms with Crippen molar-refractivity contribution < 1.29 is 4.52 Å². The van der Waals surface area contributed by atoms with E-state index in [1.807, 2.05) is 36.0 Å². The quantitative estimate of drug-likeness (QED) is 0.517. The summed E-state index contributed by atoms with van der Waals surface area (Å²) < 4.78 is 7.20. The molecule has 1 aromatic carbocycles. The van der Waals surface area contributed by atoms with Crippen LogP contribution in [0.25, 0.3) is 34.2 Å². The zero-order valence-corrected chi connectivity index (χ0v) is 15.1. The maximum absolute atomic E-state index is 5.37. The van der Waals surface area contributed by atoms with Gasteiger partial charge in [0.25, 0.3) is 5.89 Å². The number of aromatic nitrogens is 5. The molecule has 1 aliphatic carbocycles. The van der Waals surface area contributed by atoms with Gasteiger partial charge in [0.2, 0.25) is 5.82 Å². The molecule has 1 saturated carbocycles. The summed E-state index contributed by atoms with van der Waals surface area (Å²) >= 11 is 1.76. The first-order chi connectivity index (χ1) is 12.8. The Labute approximate surface area is 154 Å². The maximum atomic E-state index is 5.37. The van der Waals surface area contributed by atoms with Gasteiger partial charge in [0.1, 0.15) is 0 Å². The zero-order valence-electron chi connectivity index (χ0n) is 14.3. The van der Waals surface area contributed by atoms with Crippen molar-refractivity contribution in [2.75, 3.05) is 0 Å². The summed E-state index contributed by atoms with van der Waals surface area (Å²) in [7, 11) is 0. The van der Waals surface area contributed by atoms with Gasteiger partial charge in [-0.25, -0.2) is 4.98 Å². The lowest BCUT2D eigenvalue weighted by molar-refractivity contribution is 0.430. The third-order valence-electron chi connectivity index (χ3n) is 4.50. The van der Waals surface area contributed by atoms with Crippen molar-refractivity contribution >= 4 is 11.3 Å². The van der Waals surface area contributed by atoms with Crippen molar-refractivity contribution in [2.45, 2.75) is 32.2 Å². The monoisotopic (exact) mass is 363 g/mol. The van der Waals surface area contributed by atoms with E-state index in [-0.39, 0.29) is 0 Å². The summed E-state index contributed by atoms with van der Waals surface area (Å²) in [6, 6.07) is 10.0. The third-order valence-corrected chi connectivity index (χ3v) is 5.50. The highest BCUT2D eigenvalue weighted by Gasteiger charge is 2.26. The van der Waals surface area contributed by atoms with E-state index >= 15 is 0 Å². The van der Waals surface area contributed by atoms with Crippen LogP contribution in [0, 0.1) is 0 Å². The van der Waals surface area contributed by atoms with Crippen molar-refractivity contribution in [3.05, 3.63) is 46.9 Å². The van der Waals surface area contributed by atoms with Crippen LogP contribution in [0.3, 0.4) is 0 Å². The van der Waals surface area contributed by atoms with Gasteiger partial charge in [-0.05, 0) is 25.8 Å². The normalized spacial score (nSPS) is 14.0. The number of hydrogen-bond donors (Lipinski definition) is 0. The summed E-state index contributed by atoms with van der Waals surface area (Å²) in [6.45, 7) is 2.84. The highest BCUT2D eigenvalue weighted by Crippen LogP contribution is 2.42. The standard InChI is InChI=1S/C19H17N5OS/c1-2-24-10-9-15(22-24)18-21-17(23-25-18)13-5-3-12(4-6-13)16-11-26-19(20-16)14-7-8-14/h3-6,9-11,14H,2,7-8H2,1H3. The first kappa shape index (κ1) is 15.5. The summed E-state index contributed by atoms with van der Waals surface area (Å²) in [5.74, 6) is 1.70. The smallest absolute Gasteiger partial charge is 0.278 e. The van der Waals surface area contributed by atoms with Crippen molar-refractivity contribution in [3.63, 3.8) is 0 Å². The zero-order chi connectivity index (χ0) is 17.5. The van der Waals surface area contributed by atoms with E-state index in [1.54, 1.807) is 11.3 Å². The third kappa shape index (κ3) is 2.84. The van der Waals surface area contributed by atoms with Crippen LogP contribution in [-0.2, 0) is 6.54 Å².